The zero-order valence-corrected chi connectivity index (χ0v) is 31.3. The summed E-state index contributed by atoms with van der Waals surface area (Å²) in [5.41, 5.74) is 0. The second-order valence-corrected chi connectivity index (χ2v) is 13.9. The highest BCUT2D eigenvalue weighted by atomic mass is 16.7. The van der Waals surface area contributed by atoms with Crippen molar-refractivity contribution in [2.24, 2.45) is 0 Å². The number of carbonyl (C=O) groups excluding carboxylic acids is 1. The monoisotopic (exact) mass is 712 g/mol. The molecule has 8 unspecified atom stereocenters. The number of carbonyl (C=O) groups is 1. The summed E-state index contributed by atoms with van der Waals surface area (Å²) < 4.78 is 11.0. The Hall–Kier alpha value is -1.63. The Bertz CT molecular complexity index is 896. The van der Waals surface area contributed by atoms with Gasteiger partial charge in [0, 0.05) is 0 Å². The van der Waals surface area contributed by atoms with E-state index in [-0.39, 0.29) is 6.61 Å². The van der Waals surface area contributed by atoms with Gasteiger partial charge in [-0.3, -0.25) is 4.79 Å². The van der Waals surface area contributed by atoms with Crippen molar-refractivity contribution in [1.29, 1.82) is 0 Å². The third-order valence-electron chi connectivity index (χ3n) is 9.31. The molecular weight excluding hydrogens is 638 g/mol. The van der Waals surface area contributed by atoms with Crippen LogP contribution in [0, 0.1) is 0 Å². The van der Waals surface area contributed by atoms with Gasteiger partial charge in [-0.05, 0) is 38.5 Å². The Morgan fingerprint density at radius 2 is 1.14 bits per heavy atom. The van der Waals surface area contributed by atoms with E-state index in [1.54, 1.807) is 12.2 Å². The lowest BCUT2D eigenvalue weighted by molar-refractivity contribution is -0.302. The maximum Gasteiger partial charge on any atom is 0.253 e. The molecule has 0 saturated carbocycles. The van der Waals surface area contributed by atoms with Gasteiger partial charge in [0.15, 0.2) is 12.4 Å². The molecule has 0 bridgehead atoms. The molecular formula is C40H73NO9. The molecule has 1 saturated heterocycles. The predicted octanol–water partition coefficient (Wildman–Crippen LogP) is 5.91. The van der Waals surface area contributed by atoms with E-state index < -0.39 is 61.5 Å². The highest BCUT2D eigenvalue weighted by Crippen LogP contribution is 2.22. The molecule has 1 rings (SSSR count). The SMILES string of the molecule is CCCCCCCC=CCCC=CC(O)C(COC1OC(CO)C(O)C(O)C1O)NC(=O)C(O)C=CCCCCCCCCCCCCCC. The number of aliphatic hydroxyl groups is 6. The van der Waals surface area contributed by atoms with E-state index in [9.17, 15) is 35.4 Å². The summed E-state index contributed by atoms with van der Waals surface area (Å²) >= 11 is 0. The van der Waals surface area contributed by atoms with Gasteiger partial charge in [-0.2, -0.15) is 0 Å². The van der Waals surface area contributed by atoms with Gasteiger partial charge in [-0.15, -0.1) is 0 Å². The van der Waals surface area contributed by atoms with E-state index in [0.717, 1.165) is 32.1 Å². The van der Waals surface area contributed by atoms with Crippen molar-refractivity contribution in [3.8, 4) is 0 Å². The second-order valence-electron chi connectivity index (χ2n) is 13.9. The van der Waals surface area contributed by atoms with Crippen LogP contribution in [0.1, 0.15) is 149 Å². The first kappa shape index (κ1) is 46.4. The van der Waals surface area contributed by atoms with E-state index in [4.69, 9.17) is 9.47 Å². The summed E-state index contributed by atoms with van der Waals surface area (Å²) in [7, 11) is 0. The number of nitrogens with one attached hydrogen (secondary N) is 1. The molecule has 1 heterocycles. The Balaban J connectivity index is 2.56. The van der Waals surface area contributed by atoms with Gasteiger partial charge in [0.05, 0.1) is 25.4 Å². The normalized spacial score (nSPS) is 23.2. The molecule has 1 amide bonds. The van der Waals surface area contributed by atoms with Crippen LogP contribution < -0.4 is 5.32 Å². The first-order valence-corrected chi connectivity index (χ1v) is 19.8. The molecule has 1 aliphatic rings. The lowest BCUT2D eigenvalue weighted by Crippen LogP contribution is -2.60. The van der Waals surface area contributed by atoms with E-state index >= 15 is 0 Å². The molecule has 0 spiro atoms. The maximum absolute atomic E-state index is 12.9. The highest BCUT2D eigenvalue weighted by Gasteiger charge is 2.44. The first-order valence-electron chi connectivity index (χ1n) is 19.8. The van der Waals surface area contributed by atoms with Crippen LogP contribution in [0.2, 0.25) is 0 Å². The third kappa shape index (κ3) is 21.7. The fourth-order valence-electron chi connectivity index (χ4n) is 5.98. The molecule has 292 valence electrons. The Kier molecular flexibility index (Phi) is 28.7. The maximum atomic E-state index is 12.9. The molecule has 0 aromatic carbocycles. The van der Waals surface area contributed by atoms with Crippen LogP contribution in [0.4, 0.5) is 0 Å². The van der Waals surface area contributed by atoms with Gasteiger partial charge in [0.2, 0.25) is 0 Å². The molecule has 1 aliphatic heterocycles. The second kappa shape index (κ2) is 30.9. The van der Waals surface area contributed by atoms with Crippen LogP contribution >= 0.6 is 0 Å². The minimum Gasteiger partial charge on any atom is -0.394 e. The van der Waals surface area contributed by atoms with Crippen molar-refractivity contribution in [3.63, 3.8) is 0 Å². The van der Waals surface area contributed by atoms with Crippen LogP contribution in [0.5, 0.6) is 0 Å². The number of aliphatic hydroxyl groups excluding tert-OH is 6. The summed E-state index contributed by atoms with van der Waals surface area (Å²) in [6, 6.07) is -1.02. The van der Waals surface area contributed by atoms with Crippen molar-refractivity contribution in [2.75, 3.05) is 13.2 Å². The topological polar surface area (TPSA) is 169 Å². The van der Waals surface area contributed by atoms with Crippen LogP contribution in [0.3, 0.4) is 0 Å². The molecule has 0 aromatic heterocycles. The average Bonchev–Trinajstić information content (AvgIpc) is 3.11. The van der Waals surface area contributed by atoms with E-state index in [2.05, 4.69) is 31.3 Å². The van der Waals surface area contributed by atoms with Gasteiger partial charge >= 0.3 is 0 Å². The van der Waals surface area contributed by atoms with Gasteiger partial charge < -0.3 is 45.4 Å². The zero-order valence-electron chi connectivity index (χ0n) is 31.3. The van der Waals surface area contributed by atoms with Crippen molar-refractivity contribution >= 4 is 5.91 Å². The lowest BCUT2D eigenvalue weighted by Gasteiger charge is -2.40. The minimum atomic E-state index is -1.62. The molecule has 1 fully saturated rings. The largest absolute Gasteiger partial charge is 0.394 e. The summed E-state index contributed by atoms with van der Waals surface area (Å²) in [5, 5.41) is 64.1. The number of ether oxygens (including phenoxy) is 2. The first-order chi connectivity index (χ1) is 24.3. The van der Waals surface area contributed by atoms with E-state index in [0.29, 0.717) is 6.42 Å². The molecule has 0 radical (unpaired) electrons. The number of amides is 1. The molecule has 50 heavy (non-hydrogen) atoms. The Morgan fingerprint density at radius 1 is 0.660 bits per heavy atom. The van der Waals surface area contributed by atoms with Crippen LogP contribution in [0.25, 0.3) is 0 Å². The molecule has 10 nitrogen and oxygen atoms in total. The predicted molar refractivity (Wildman–Crippen MR) is 199 cm³/mol. The summed E-state index contributed by atoms with van der Waals surface area (Å²) in [6.07, 6.45) is 25.6. The van der Waals surface area contributed by atoms with Crippen LogP contribution in [-0.2, 0) is 14.3 Å². The molecule has 0 aromatic rings. The summed E-state index contributed by atoms with van der Waals surface area (Å²) in [4.78, 5) is 12.9. The van der Waals surface area contributed by atoms with E-state index in [1.165, 1.54) is 102 Å². The highest BCUT2D eigenvalue weighted by molar-refractivity contribution is 5.82. The lowest BCUT2D eigenvalue weighted by atomic mass is 9.99. The molecule has 7 N–H and O–H groups in total. The number of allylic oxidation sites excluding steroid dienone is 4. The van der Waals surface area contributed by atoms with Crippen LogP contribution in [-0.4, -0.2) is 98.7 Å². The molecule has 10 heteroatoms. The van der Waals surface area contributed by atoms with Crippen molar-refractivity contribution < 1.29 is 44.9 Å². The molecule has 8 atom stereocenters. The number of rotatable bonds is 31. The van der Waals surface area contributed by atoms with Gasteiger partial charge in [-0.1, -0.05) is 147 Å². The van der Waals surface area contributed by atoms with E-state index in [1.807, 2.05) is 6.08 Å². The number of hydrogen-bond donors (Lipinski definition) is 7. The van der Waals surface area contributed by atoms with Crippen molar-refractivity contribution in [1.82, 2.24) is 5.32 Å². The Labute approximate surface area is 303 Å². The van der Waals surface area contributed by atoms with Crippen molar-refractivity contribution in [3.05, 3.63) is 36.5 Å². The third-order valence-corrected chi connectivity index (χ3v) is 9.31. The average molecular weight is 712 g/mol. The van der Waals surface area contributed by atoms with Gasteiger partial charge in [0.1, 0.15) is 24.4 Å². The van der Waals surface area contributed by atoms with Crippen molar-refractivity contribution in [2.45, 2.75) is 198 Å². The quantitative estimate of drug-likeness (QED) is 0.0342. The minimum absolute atomic E-state index is 0.340. The molecule has 0 aliphatic carbocycles. The fraction of sp³-hybridized carbons (Fsp3) is 0.825. The number of unbranched alkanes of at least 4 members (excludes halogenated alkanes) is 18. The smallest absolute Gasteiger partial charge is 0.253 e. The Morgan fingerprint density at radius 3 is 1.70 bits per heavy atom. The fourth-order valence-corrected chi connectivity index (χ4v) is 5.98. The van der Waals surface area contributed by atoms with Gasteiger partial charge in [-0.25, -0.2) is 0 Å². The summed E-state index contributed by atoms with van der Waals surface area (Å²) in [5.74, 6) is -0.715. The zero-order chi connectivity index (χ0) is 36.8. The van der Waals surface area contributed by atoms with Gasteiger partial charge in [0.25, 0.3) is 5.91 Å². The number of hydrogen-bond acceptors (Lipinski definition) is 9. The summed E-state index contributed by atoms with van der Waals surface area (Å²) in [6.45, 7) is 3.50. The van der Waals surface area contributed by atoms with Crippen LogP contribution in [0.15, 0.2) is 36.5 Å². The standard InChI is InChI=1S/C40H73NO9/c1-3-5-7-9-11-13-15-16-17-19-21-23-25-27-29-34(44)39(48)41-32(31-49-40-38(47)37(46)36(45)35(30-42)50-40)33(43)28-26-24-22-20-18-14-12-10-8-6-4-2/h18,20,26-29,32-38,40,42-47H,3-17,19,21-25,30-31H2,1-2H3,(H,41,48).